The topological polar surface area (TPSA) is 61.9 Å². The lowest BCUT2D eigenvalue weighted by molar-refractivity contribution is -0.121. The van der Waals surface area contributed by atoms with Crippen molar-refractivity contribution in [3.05, 3.63) is 60.2 Å². The number of hydrogen-bond donors (Lipinski definition) is 1. The highest BCUT2D eigenvalue weighted by atomic mass is 16.5. The number of nitrogens with zero attached hydrogens (tertiary/aromatic N) is 2. The average molecular weight is 450 g/mol. The van der Waals surface area contributed by atoms with Gasteiger partial charge in [-0.25, -0.2) is 4.90 Å². The number of anilines is 1. The molecule has 6 heteroatoms. The second-order valence-electron chi connectivity index (χ2n) is 9.03. The van der Waals surface area contributed by atoms with Crippen LogP contribution in [0, 0.1) is 5.92 Å². The highest BCUT2D eigenvalue weighted by Gasteiger charge is 2.39. The van der Waals surface area contributed by atoms with Crippen LogP contribution in [0.4, 0.5) is 5.69 Å². The predicted molar refractivity (Wildman–Crippen MR) is 130 cm³/mol. The minimum atomic E-state index is -0.430. The van der Waals surface area contributed by atoms with Gasteiger partial charge in [-0.15, -0.1) is 0 Å². The van der Waals surface area contributed by atoms with Crippen molar-refractivity contribution < 1.29 is 14.3 Å². The van der Waals surface area contributed by atoms with Crippen molar-refractivity contribution in [1.82, 2.24) is 10.2 Å². The molecule has 2 amide bonds. The number of nitrogens with one attached hydrogen (secondary N) is 1. The summed E-state index contributed by atoms with van der Waals surface area (Å²) >= 11 is 0. The number of ether oxygens (including phenoxy) is 1. The number of rotatable bonds is 10. The van der Waals surface area contributed by atoms with Crippen LogP contribution in [-0.4, -0.2) is 55.5 Å². The molecule has 0 unspecified atom stereocenters. The van der Waals surface area contributed by atoms with Crippen LogP contribution in [0.5, 0.6) is 5.75 Å². The van der Waals surface area contributed by atoms with Crippen molar-refractivity contribution >= 4 is 17.5 Å². The zero-order valence-electron chi connectivity index (χ0n) is 19.5. The summed E-state index contributed by atoms with van der Waals surface area (Å²) in [6.07, 6.45) is 4.87. The lowest BCUT2D eigenvalue weighted by atomic mass is 9.90. The minimum Gasteiger partial charge on any atom is -0.494 e. The molecule has 2 aliphatic heterocycles. The van der Waals surface area contributed by atoms with Crippen LogP contribution < -0.4 is 15.0 Å². The number of carbonyl (C=O) groups excluding carboxylic acids is 2. The summed E-state index contributed by atoms with van der Waals surface area (Å²) in [5, 5.41) is 3.31. The molecule has 2 saturated heterocycles. The Morgan fingerprint density at radius 2 is 1.73 bits per heavy atom. The van der Waals surface area contributed by atoms with E-state index in [0.717, 1.165) is 44.3 Å². The number of likely N-dealkylation sites (tertiary alicyclic amines) is 1. The van der Waals surface area contributed by atoms with E-state index in [4.69, 9.17) is 4.74 Å². The van der Waals surface area contributed by atoms with Crippen LogP contribution in [-0.2, 0) is 16.0 Å². The molecule has 1 N–H and O–H groups in total. The molecule has 176 valence electrons. The summed E-state index contributed by atoms with van der Waals surface area (Å²) in [6.45, 7) is 6.56. The Morgan fingerprint density at radius 1 is 1.00 bits per heavy atom. The lowest BCUT2D eigenvalue weighted by Gasteiger charge is -2.32. The van der Waals surface area contributed by atoms with Crippen LogP contribution in [0.2, 0.25) is 0 Å². The Bertz CT molecular complexity index is 908. The summed E-state index contributed by atoms with van der Waals surface area (Å²) in [5.74, 6) is 1.20. The first kappa shape index (κ1) is 23.5. The van der Waals surface area contributed by atoms with Crippen molar-refractivity contribution in [3.63, 3.8) is 0 Å². The maximum Gasteiger partial charge on any atom is 0.251 e. The van der Waals surface area contributed by atoms with E-state index in [-0.39, 0.29) is 18.2 Å². The van der Waals surface area contributed by atoms with Gasteiger partial charge in [0.2, 0.25) is 5.91 Å². The second-order valence-corrected chi connectivity index (χ2v) is 9.03. The van der Waals surface area contributed by atoms with Gasteiger partial charge in [0.1, 0.15) is 5.75 Å². The Hall–Kier alpha value is -2.70. The molecule has 2 aromatic rings. The summed E-state index contributed by atoms with van der Waals surface area (Å²) in [6, 6.07) is 17.5. The maximum absolute atomic E-state index is 12.8. The van der Waals surface area contributed by atoms with Crippen LogP contribution in [0.3, 0.4) is 0 Å². The quantitative estimate of drug-likeness (QED) is 0.443. The van der Waals surface area contributed by atoms with E-state index in [9.17, 15) is 9.59 Å². The fourth-order valence-corrected chi connectivity index (χ4v) is 4.86. The molecule has 1 atom stereocenters. The second kappa shape index (κ2) is 11.4. The molecule has 2 fully saturated rings. The molecule has 0 saturated carbocycles. The third-order valence-corrected chi connectivity index (χ3v) is 6.67. The number of piperidine rings is 1. The zero-order valence-corrected chi connectivity index (χ0v) is 19.5. The van der Waals surface area contributed by atoms with Gasteiger partial charge in [0.05, 0.1) is 24.8 Å². The van der Waals surface area contributed by atoms with Crippen molar-refractivity contribution in [2.75, 3.05) is 37.7 Å². The predicted octanol–water partition coefficient (Wildman–Crippen LogP) is 3.65. The van der Waals surface area contributed by atoms with Crippen LogP contribution in [0.25, 0.3) is 0 Å². The first-order valence-corrected chi connectivity index (χ1v) is 12.2. The van der Waals surface area contributed by atoms with Gasteiger partial charge in [-0.05, 0) is 94.5 Å². The smallest absolute Gasteiger partial charge is 0.251 e. The summed E-state index contributed by atoms with van der Waals surface area (Å²) in [4.78, 5) is 29.1. The lowest BCUT2D eigenvalue weighted by Crippen LogP contribution is -2.40. The monoisotopic (exact) mass is 449 g/mol. The van der Waals surface area contributed by atoms with Crippen LogP contribution >= 0.6 is 0 Å². The van der Waals surface area contributed by atoms with E-state index in [1.807, 2.05) is 6.92 Å². The van der Waals surface area contributed by atoms with Crippen molar-refractivity contribution in [2.45, 2.75) is 45.1 Å². The van der Waals surface area contributed by atoms with E-state index >= 15 is 0 Å². The molecule has 0 aromatic heterocycles. The Morgan fingerprint density at radius 3 is 2.42 bits per heavy atom. The van der Waals surface area contributed by atoms with E-state index in [1.165, 1.54) is 29.7 Å². The van der Waals surface area contributed by atoms with Gasteiger partial charge in [0, 0.05) is 0 Å². The van der Waals surface area contributed by atoms with Crippen molar-refractivity contribution in [3.8, 4) is 5.75 Å². The van der Waals surface area contributed by atoms with Crippen LogP contribution in [0.1, 0.15) is 38.2 Å². The third-order valence-electron chi connectivity index (χ3n) is 6.67. The summed E-state index contributed by atoms with van der Waals surface area (Å²) in [5.41, 5.74) is 2.05. The molecule has 0 spiro atoms. The molecule has 2 heterocycles. The number of imide groups is 1. The van der Waals surface area contributed by atoms with Gasteiger partial charge in [-0.2, -0.15) is 0 Å². The fraction of sp³-hybridized carbons (Fsp3) is 0.481. The SMILES string of the molecule is CCOc1ccc(N2C(=O)C[C@@H](NCCCN3CCC(Cc4ccccc4)CC3)C2=O)cc1. The van der Waals surface area contributed by atoms with Gasteiger partial charge in [0.25, 0.3) is 5.91 Å². The standard InChI is InChI=1S/C27H35N3O3/c1-2-33-24-11-9-23(10-12-24)30-26(31)20-25(27(30)32)28-15-6-16-29-17-13-22(14-18-29)19-21-7-4-3-5-8-21/h3-5,7-12,22,25,28H,2,6,13-20H2,1H3/t25-/m1/s1. The average Bonchev–Trinajstić information content (AvgIpc) is 3.12. The maximum atomic E-state index is 12.8. The number of benzene rings is 2. The molecule has 0 radical (unpaired) electrons. The van der Waals surface area contributed by atoms with Gasteiger partial charge in [-0.1, -0.05) is 30.3 Å². The van der Waals surface area contributed by atoms with Crippen molar-refractivity contribution in [1.29, 1.82) is 0 Å². The first-order valence-electron chi connectivity index (χ1n) is 12.2. The molecule has 0 bridgehead atoms. The molecule has 2 aromatic carbocycles. The van der Waals surface area contributed by atoms with Gasteiger partial charge in [-0.3, -0.25) is 9.59 Å². The Balaban J connectivity index is 1.16. The molecule has 2 aliphatic rings. The highest BCUT2D eigenvalue weighted by molar-refractivity contribution is 6.22. The normalized spacial score (nSPS) is 19.9. The van der Waals surface area contributed by atoms with E-state index in [2.05, 4.69) is 40.5 Å². The highest BCUT2D eigenvalue weighted by Crippen LogP contribution is 2.25. The van der Waals surface area contributed by atoms with Gasteiger partial charge >= 0.3 is 0 Å². The number of hydrogen-bond acceptors (Lipinski definition) is 5. The molecule has 6 nitrogen and oxygen atoms in total. The molecule has 4 rings (SSSR count). The Kier molecular flexibility index (Phi) is 8.13. The zero-order chi connectivity index (χ0) is 23.0. The number of amides is 2. The molecule has 0 aliphatic carbocycles. The minimum absolute atomic E-state index is 0.151. The fourth-order valence-electron chi connectivity index (χ4n) is 4.86. The van der Waals surface area contributed by atoms with Crippen LogP contribution in [0.15, 0.2) is 54.6 Å². The number of carbonyl (C=O) groups is 2. The summed E-state index contributed by atoms with van der Waals surface area (Å²) < 4.78 is 5.44. The van der Waals surface area contributed by atoms with E-state index < -0.39 is 6.04 Å². The third kappa shape index (κ3) is 6.21. The molecular weight excluding hydrogens is 414 g/mol. The molecular formula is C27H35N3O3. The van der Waals surface area contributed by atoms with Gasteiger partial charge in [0.15, 0.2) is 0 Å². The molecule has 33 heavy (non-hydrogen) atoms. The van der Waals surface area contributed by atoms with E-state index in [1.54, 1.807) is 24.3 Å². The summed E-state index contributed by atoms with van der Waals surface area (Å²) in [7, 11) is 0. The van der Waals surface area contributed by atoms with E-state index in [0.29, 0.717) is 12.3 Å². The Labute approximate surface area is 196 Å². The first-order chi connectivity index (χ1) is 16.1. The van der Waals surface area contributed by atoms with Gasteiger partial charge < -0.3 is 15.0 Å². The largest absolute Gasteiger partial charge is 0.494 e. The van der Waals surface area contributed by atoms with Crippen molar-refractivity contribution in [2.24, 2.45) is 5.92 Å².